The third-order valence-electron chi connectivity index (χ3n) is 3.53. The van der Waals surface area contributed by atoms with Crippen molar-refractivity contribution in [2.45, 2.75) is 13.0 Å². The summed E-state index contributed by atoms with van der Waals surface area (Å²) in [5.41, 5.74) is 7.56. The zero-order chi connectivity index (χ0) is 17.6. The molecule has 1 aromatic heterocycles. The fourth-order valence-electron chi connectivity index (χ4n) is 2.28. The number of halogens is 1. The second kappa shape index (κ2) is 9.41. The highest BCUT2D eigenvalue weighted by Crippen LogP contribution is 2.32. The Labute approximate surface area is 169 Å². The van der Waals surface area contributed by atoms with Crippen LogP contribution in [-0.2, 0) is 6.54 Å². The first-order valence-electron chi connectivity index (χ1n) is 8.07. The van der Waals surface area contributed by atoms with E-state index in [1.807, 2.05) is 43.3 Å². The highest BCUT2D eigenvalue weighted by molar-refractivity contribution is 14.0. The Hall–Kier alpha value is -2.30. The van der Waals surface area contributed by atoms with Gasteiger partial charge in [0, 0.05) is 38.5 Å². The van der Waals surface area contributed by atoms with Crippen molar-refractivity contribution in [3.63, 3.8) is 0 Å². The molecule has 0 amide bonds. The van der Waals surface area contributed by atoms with E-state index in [1.165, 1.54) is 0 Å². The molecule has 0 saturated heterocycles. The molecule has 2 aromatic rings. The summed E-state index contributed by atoms with van der Waals surface area (Å²) in [5, 5.41) is 3.06. The SMILES string of the molecule is CN(C)c1nccc(CN=C(N)Nc2ccc3c(c2)OCCCO3)n1.I. The average Bonchev–Trinajstić information content (AvgIpc) is 2.85. The van der Waals surface area contributed by atoms with Crippen LogP contribution in [0.15, 0.2) is 35.5 Å². The first kappa shape index (κ1) is 20.0. The summed E-state index contributed by atoms with van der Waals surface area (Å²) >= 11 is 0. The standard InChI is InChI=1S/C17H22N6O2.HI/c1-23(2)17-19-7-6-13(22-17)11-20-16(18)21-12-4-5-14-15(10-12)25-9-3-8-24-14;/h4-7,10H,3,8-9,11H2,1-2H3,(H3,18,20,21);1H. The van der Waals surface area contributed by atoms with Gasteiger partial charge >= 0.3 is 0 Å². The summed E-state index contributed by atoms with van der Waals surface area (Å²) in [5.74, 6) is 2.40. The molecule has 2 heterocycles. The van der Waals surface area contributed by atoms with Crippen molar-refractivity contribution in [2.75, 3.05) is 37.5 Å². The van der Waals surface area contributed by atoms with Gasteiger partial charge in [0.25, 0.3) is 0 Å². The van der Waals surface area contributed by atoms with Crippen LogP contribution in [0.4, 0.5) is 11.6 Å². The number of hydrogen-bond donors (Lipinski definition) is 2. The summed E-state index contributed by atoms with van der Waals surface area (Å²) < 4.78 is 11.3. The number of nitrogens with one attached hydrogen (secondary N) is 1. The van der Waals surface area contributed by atoms with E-state index in [0.717, 1.165) is 23.6 Å². The molecule has 0 radical (unpaired) electrons. The smallest absolute Gasteiger partial charge is 0.225 e. The van der Waals surface area contributed by atoms with Gasteiger partial charge in [0.05, 0.1) is 25.5 Å². The van der Waals surface area contributed by atoms with Crippen LogP contribution in [0, 0.1) is 0 Å². The fraction of sp³-hybridized carbons (Fsp3) is 0.353. The normalized spacial score (nSPS) is 13.4. The maximum absolute atomic E-state index is 5.97. The molecule has 9 heteroatoms. The second-order valence-electron chi connectivity index (χ2n) is 5.78. The number of guanidine groups is 1. The Balaban J connectivity index is 0.00000243. The molecule has 8 nitrogen and oxygen atoms in total. The van der Waals surface area contributed by atoms with Crippen molar-refractivity contribution in [3.05, 3.63) is 36.2 Å². The van der Waals surface area contributed by atoms with Crippen molar-refractivity contribution in [2.24, 2.45) is 10.7 Å². The van der Waals surface area contributed by atoms with Gasteiger partial charge in [-0.2, -0.15) is 0 Å². The van der Waals surface area contributed by atoms with E-state index in [-0.39, 0.29) is 24.0 Å². The molecule has 1 aromatic carbocycles. The molecular weight excluding hydrogens is 447 g/mol. The van der Waals surface area contributed by atoms with Gasteiger partial charge in [0.15, 0.2) is 17.5 Å². The number of aliphatic imine (C=N–C) groups is 1. The molecule has 1 aliphatic rings. The third kappa shape index (κ3) is 5.35. The fourth-order valence-corrected chi connectivity index (χ4v) is 2.28. The second-order valence-corrected chi connectivity index (χ2v) is 5.78. The Morgan fingerprint density at radius 3 is 2.77 bits per heavy atom. The van der Waals surface area contributed by atoms with Crippen LogP contribution in [0.3, 0.4) is 0 Å². The van der Waals surface area contributed by atoms with E-state index in [1.54, 1.807) is 6.20 Å². The maximum atomic E-state index is 5.97. The number of nitrogens with zero attached hydrogens (tertiary/aromatic N) is 4. The molecule has 0 unspecified atom stereocenters. The van der Waals surface area contributed by atoms with Gasteiger partial charge < -0.3 is 25.4 Å². The Morgan fingerprint density at radius 2 is 2.00 bits per heavy atom. The highest BCUT2D eigenvalue weighted by Gasteiger charge is 2.11. The van der Waals surface area contributed by atoms with Crippen LogP contribution in [0.1, 0.15) is 12.1 Å². The molecule has 3 rings (SSSR count). The molecule has 0 saturated carbocycles. The molecule has 3 N–H and O–H groups in total. The van der Waals surface area contributed by atoms with Gasteiger partial charge in [0.1, 0.15) is 0 Å². The molecule has 0 spiro atoms. The number of benzene rings is 1. The number of aromatic nitrogens is 2. The van der Waals surface area contributed by atoms with E-state index < -0.39 is 0 Å². The van der Waals surface area contributed by atoms with E-state index in [4.69, 9.17) is 15.2 Å². The number of fused-ring (bicyclic) bond motifs is 1. The highest BCUT2D eigenvalue weighted by atomic mass is 127. The zero-order valence-corrected chi connectivity index (χ0v) is 17.1. The Morgan fingerprint density at radius 1 is 1.23 bits per heavy atom. The summed E-state index contributed by atoms with van der Waals surface area (Å²) in [7, 11) is 3.78. The number of hydrogen-bond acceptors (Lipinski definition) is 6. The van der Waals surface area contributed by atoms with E-state index >= 15 is 0 Å². The molecule has 140 valence electrons. The molecule has 0 atom stereocenters. The van der Waals surface area contributed by atoms with Crippen LogP contribution in [-0.4, -0.2) is 43.2 Å². The summed E-state index contributed by atoms with van der Waals surface area (Å²) in [6, 6.07) is 7.42. The predicted octanol–water partition coefficient (Wildman–Crippen LogP) is 2.25. The van der Waals surface area contributed by atoms with Crippen LogP contribution < -0.4 is 25.4 Å². The van der Waals surface area contributed by atoms with Crippen LogP contribution in [0.5, 0.6) is 11.5 Å². The number of nitrogens with two attached hydrogens (primary N) is 1. The topological polar surface area (TPSA) is 97.9 Å². The molecule has 0 fully saturated rings. The predicted molar refractivity (Wildman–Crippen MR) is 113 cm³/mol. The lowest BCUT2D eigenvalue weighted by Crippen LogP contribution is -2.22. The molecular formula is C17H23IN6O2. The van der Waals surface area contributed by atoms with E-state index in [9.17, 15) is 0 Å². The first-order valence-corrected chi connectivity index (χ1v) is 8.07. The monoisotopic (exact) mass is 470 g/mol. The van der Waals surface area contributed by atoms with Crippen molar-refractivity contribution in [3.8, 4) is 11.5 Å². The minimum atomic E-state index is 0. The first-order chi connectivity index (χ1) is 12.1. The zero-order valence-electron chi connectivity index (χ0n) is 14.8. The van der Waals surface area contributed by atoms with Crippen molar-refractivity contribution < 1.29 is 9.47 Å². The van der Waals surface area contributed by atoms with Crippen molar-refractivity contribution >= 4 is 41.6 Å². The number of ether oxygens (including phenoxy) is 2. The van der Waals surface area contributed by atoms with Gasteiger partial charge in [-0.05, 0) is 18.2 Å². The lowest BCUT2D eigenvalue weighted by molar-refractivity contribution is 0.297. The minimum Gasteiger partial charge on any atom is -0.490 e. The van der Waals surface area contributed by atoms with Gasteiger partial charge in [-0.15, -0.1) is 24.0 Å². The molecule has 1 aliphatic heterocycles. The van der Waals surface area contributed by atoms with Gasteiger partial charge in [-0.1, -0.05) is 0 Å². The van der Waals surface area contributed by atoms with Gasteiger partial charge in [-0.3, -0.25) is 0 Å². The third-order valence-corrected chi connectivity index (χ3v) is 3.53. The van der Waals surface area contributed by atoms with Gasteiger partial charge in [-0.25, -0.2) is 15.0 Å². The van der Waals surface area contributed by atoms with Crippen LogP contribution in [0.2, 0.25) is 0 Å². The molecule has 0 bridgehead atoms. The lowest BCUT2D eigenvalue weighted by Gasteiger charge is -2.11. The molecule has 26 heavy (non-hydrogen) atoms. The van der Waals surface area contributed by atoms with Crippen LogP contribution >= 0.6 is 24.0 Å². The number of rotatable bonds is 4. The molecule has 0 aliphatic carbocycles. The average molecular weight is 470 g/mol. The van der Waals surface area contributed by atoms with Gasteiger partial charge in [0.2, 0.25) is 5.95 Å². The van der Waals surface area contributed by atoms with E-state index in [2.05, 4.69) is 20.3 Å². The number of anilines is 2. The minimum absolute atomic E-state index is 0. The Kier molecular flexibility index (Phi) is 7.25. The largest absolute Gasteiger partial charge is 0.490 e. The lowest BCUT2D eigenvalue weighted by atomic mass is 10.3. The quantitative estimate of drug-likeness (QED) is 0.402. The summed E-state index contributed by atoms with van der Waals surface area (Å²) in [4.78, 5) is 14.7. The van der Waals surface area contributed by atoms with Crippen molar-refractivity contribution in [1.82, 2.24) is 9.97 Å². The van der Waals surface area contributed by atoms with Crippen molar-refractivity contribution in [1.29, 1.82) is 0 Å². The van der Waals surface area contributed by atoms with E-state index in [0.29, 0.717) is 37.4 Å². The Bertz CT molecular complexity index is 769. The van der Waals surface area contributed by atoms with Crippen LogP contribution in [0.25, 0.3) is 0 Å². The maximum Gasteiger partial charge on any atom is 0.225 e. The summed E-state index contributed by atoms with van der Waals surface area (Å²) in [6.07, 6.45) is 2.58. The summed E-state index contributed by atoms with van der Waals surface area (Å²) in [6.45, 7) is 1.67.